The molecule has 1 aliphatic rings. The molecule has 0 bridgehead atoms. The third kappa shape index (κ3) is 3.38. The Balaban J connectivity index is 1.71. The lowest BCUT2D eigenvalue weighted by Crippen LogP contribution is -2.48. The van der Waals surface area contributed by atoms with Gasteiger partial charge >= 0.3 is 0 Å². The van der Waals surface area contributed by atoms with Crippen LogP contribution in [0.15, 0.2) is 48.5 Å². The van der Waals surface area contributed by atoms with Gasteiger partial charge in [0.2, 0.25) is 5.91 Å². The van der Waals surface area contributed by atoms with Crippen molar-refractivity contribution in [3.8, 4) is 0 Å². The van der Waals surface area contributed by atoms with Crippen molar-refractivity contribution in [1.82, 2.24) is 15.1 Å². The maximum Gasteiger partial charge on any atom is 0.262 e. The molecule has 144 valence electrons. The number of imide groups is 1. The van der Waals surface area contributed by atoms with Crippen molar-refractivity contribution in [1.29, 1.82) is 0 Å². The summed E-state index contributed by atoms with van der Waals surface area (Å²) in [5.41, 5.74) is 2.00. The van der Waals surface area contributed by atoms with Gasteiger partial charge in [-0.15, -0.1) is 0 Å². The van der Waals surface area contributed by atoms with E-state index in [1.807, 2.05) is 0 Å². The van der Waals surface area contributed by atoms with Crippen LogP contribution < -0.4 is 5.32 Å². The molecule has 1 aliphatic heterocycles. The van der Waals surface area contributed by atoms with Crippen molar-refractivity contribution in [3.05, 3.63) is 70.8 Å². The van der Waals surface area contributed by atoms with Crippen molar-refractivity contribution in [2.45, 2.75) is 19.5 Å². The summed E-state index contributed by atoms with van der Waals surface area (Å²) < 4.78 is 0. The van der Waals surface area contributed by atoms with Crippen LogP contribution in [0.1, 0.15) is 43.6 Å². The molecule has 0 unspecified atom stereocenters. The van der Waals surface area contributed by atoms with E-state index in [0.29, 0.717) is 23.2 Å². The van der Waals surface area contributed by atoms with Gasteiger partial charge in [-0.1, -0.05) is 24.3 Å². The molecule has 0 aromatic heterocycles. The van der Waals surface area contributed by atoms with E-state index in [2.05, 4.69) is 5.32 Å². The van der Waals surface area contributed by atoms with Crippen molar-refractivity contribution in [2.75, 3.05) is 14.1 Å². The van der Waals surface area contributed by atoms with Gasteiger partial charge in [-0.05, 0) is 36.8 Å². The van der Waals surface area contributed by atoms with Crippen LogP contribution in [-0.2, 0) is 11.3 Å². The molecule has 7 nitrogen and oxygen atoms in total. The molecule has 0 spiro atoms. The molecule has 28 heavy (non-hydrogen) atoms. The SMILES string of the molecule is CNC(=O)c1ccc(CN(C)C(=O)[C@H](C)N2C(=O)c3ccccc3C2=O)cc1. The third-order valence-corrected chi connectivity index (χ3v) is 4.81. The lowest BCUT2D eigenvalue weighted by molar-refractivity contribution is -0.134. The van der Waals surface area contributed by atoms with E-state index in [4.69, 9.17) is 0 Å². The van der Waals surface area contributed by atoms with E-state index >= 15 is 0 Å². The van der Waals surface area contributed by atoms with Gasteiger partial charge in [0, 0.05) is 26.2 Å². The van der Waals surface area contributed by atoms with Gasteiger partial charge in [0.25, 0.3) is 17.7 Å². The molecule has 7 heteroatoms. The molecule has 0 radical (unpaired) electrons. The molecule has 3 rings (SSSR count). The van der Waals surface area contributed by atoms with E-state index in [9.17, 15) is 19.2 Å². The number of benzene rings is 2. The predicted molar refractivity (Wildman–Crippen MR) is 103 cm³/mol. The van der Waals surface area contributed by atoms with E-state index in [1.54, 1.807) is 69.6 Å². The lowest BCUT2D eigenvalue weighted by atomic mass is 10.1. The monoisotopic (exact) mass is 379 g/mol. The second-order valence-electron chi connectivity index (χ2n) is 6.67. The number of rotatable bonds is 5. The Kier molecular flexibility index (Phi) is 5.26. The summed E-state index contributed by atoms with van der Waals surface area (Å²) in [7, 11) is 3.17. The highest BCUT2D eigenvalue weighted by Crippen LogP contribution is 2.25. The fourth-order valence-electron chi connectivity index (χ4n) is 3.25. The number of likely N-dealkylation sites (N-methyl/N-ethyl adjacent to an activating group) is 1. The highest BCUT2D eigenvalue weighted by molar-refractivity contribution is 6.22. The van der Waals surface area contributed by atoms with Crippen LogP contribution in [0.2, 0.25) is 0 Å². The van der Waals surface area contributed by atoms with Gasteiger partial charge in [0.05, 0.1) is 11.1 Å². The summed E-state index contributed by atoms with van der Waals surface area (Å²) in [6.45, 7) is 1.84. The van der Waals surface area contributed by atoms with Crippen LogP contribution >= 0.6 is 0 Å². The molecule has 1 N–H and O–H groups in total. The van der Waals surface area contributed by atoms with Crippen LogP contribution in [0.3, 0.4) is 0 Å². The Morgan fingerprint density at radius 3 is 2.04 bits per heavy atom. The molecule has 1 heterocycles. The highest BCUT2D eigenvalue weighted by atomic mass is 16.2. The first-order chi connectivity index (χ1) is 13.3. The van der Waals surface area contributed by atoms with Crippen molar-refractivity contribution >= 4 is 23.6 Å². The Hall–Kier alpha value is -3.48. The number of hydrogen-bond acceptors (Lipinski definition) is 4. The predicted octanol–water partition coefficient (Wildman–Crippen LogP) is 1.69. The van der Waals surface area contributed by atoms with Gasteiger partial charge in [-0.2, -0.15) is 0 Å². The Morgan fingerprint density at radius 2 is 1.54 bits per heavy atom. The van der Waals surface area contributed by atoms with E-state index < -0.39 is 17.9 Å². The zero-order chi connectivity index (χ0) is 20.4. The Morgan fingerprint density at radius 1 is 1.00 bits per heavy atom. The van der Waals surface area contributed by atoms with Crippen molar-refractivity contribution < 1.29 is 19.2 Å². The first-order valence-corrected chi connectivity index (χ1v) is 8.88. The number of nitrogens with zero attached hydrogens (tertiary/aromatic N) is 2. The average Bonchev–Trinajstić information content (AvgIpc) is 2.97. The number of fused-ring (bicyclic) bond motifs is 1. The molecule has 1 atom stereocenters. The molecular weight excluding hydrogens is 358 g/mol. The van der Waals surface area contributed by atoms with Crippen LogP contribution in [0, 0.1) is 0 Å². The standard InChI is InChI=1S/C21H21N3O4/c1-13(24-20(27)16-6-4-5-7-17(16)21(24)28)19(26)23(3)12-14-8-10-15(11-9-14)18(25)22-2/h4-11,13H,12H2,1-3H3,(H,22,25)/t13-/m0/s1. The zero-order valence-corrected chi connectivity index (χ0v) is 15.9. The minimum atomic E-state index is -0.914. The molecule has 2 aromatic carbocycles. The molecule has 0 saturated carbocycles. The third-order valence-electron chi connectivity index (χ3n) is 4.81. The zero-order valence-electron chi connectivity index (χ0n) is 15.9. The normalized spacial score (nSPS) is 13.9. The fourth-order valence-corrected chi connectivity index (χ4v) is 3.25. The van der Waals surface area contributed by atoms with Crippen LogP contribution in [-0.4, -0.2) is 53.6 Å². The smallest absolute Gasteiger partial charge is 0.262 e. The van der Waals surface area contributed by atoms with Crippen LogP contribution in [0.5, 0.6) is 0 Å². The van der Waals surface area contributed by atoms with Crippen molar-refractivity contribution in [2.24, 2.45) is 0 Å². The fraction of sp³-hybridized carbons (Fsp3) is 0.238. The number of carbonyl (C=O) groups is 4. The minimum absolute atomic E-state index is 0.185. The topological polar surface area (TPSA) is 86.8 Å². The molecule has 2 aromatic rings. The number of nitrogens with one attached hydrogen (secondary N) is 1. The maximum absolute atomic E-state index is 12.8. The Bertz CT molecular complexity index is 917. The van der Waals surface area contributed by atoms with Crippen LogP contribution in [0.4, 0.5) is 0 Å². The second kappa shape index (κ2) is 7.64. The van der Waals surface area contributed by atoms with Crippen molar-refractivity contribution in [3.63, 3.8) is 0 Å². The van der Waals surface area contributed by atoms with Gasteiger partial charge in [-0.3, -0.25) is 24.1 Å². The van der Waals surface area contributed by atoms with E-state index in [-0.39, 0.29) is 11.8 Å². The first-order valence-electron chi connectivity index (χ1n) is 8.88. The summed E-state index contributed by atoms with van der Waals surface area (Å²) >= 11 is 0. The van der Waals surface area contributed by atoms with Gasteiger partial charge in [0.15, 0.2) is 0 Å². The average molecular weight is 379 g/mol. The molecule has 0 saturated heterocycles. The second-order valence-corrected chi connectivity index (χ2v) is 6.67. The Labute approximate surface area is 162 Å². The van der Waals surface area contributed by atoms with E-state index in [0.717, 1.165) is 10.5 Å². The van der Waals surface area contributed by atoms with E-state index in [1.165, 1.54) is 4.90 Å². The lowest BCUT2D eigenvalue weighted by Gasteiger charge is -2.26. The van der Waals surface area contributed by atoms with Crippen LogP contribution in [0.25, 0.3) is 0 Å². The number of hydrogen-bond donors (Lipinski definition) is 1. The largest absolute Gasteiger partial charge is 0.355 e. The quantitative estimate of drug-likeness (QED) is 0.801. The number of carbonyl (C=O) groups excluding carboxylic acids is 4. The summed E-state index contributed by atoms with van der Waals surface area (Å²) in [5.74, 6) is -1.44. The first kappa shape index (κ1) is 19.3. The summed E-state index contributed by atoms with van der Waals surface area (Å²) in [6, 6.07) is 12.5. The highest BCUT2D eigenvalue weighted by Gasteiger charge is 2.41. The molecule has 0 fully saturated rings. The van der Waals surface area contributed by atoms with Gasteiger partial charge < -0.3 is 10.2 Å². The molecule has 0 aliphatic carbocycles. The number of amides is 4. The summed E-state index contributed by atoms with van der Waals surface area (Å²) in [4.78, 5) is 52.0. The van der Waals surface area contributed by atoms with Gasteiger partial charge in [0.1, 0.15) is 6.04 Å². The minimum Gasteiger partial charge on any atom is -0.355 e. The summed E-state index contributed by atoms with van der Waals surface area (Å²) in [5, 5.41) is 2.55. The molecule has 4 amide bonds. The van der Waals surface area contributed by atoms with Gasteiger partial charge in [-0.25, -0.2) is 0 Å². The summed E-state index contributed by atoms with van der Waals surface area (Å²) in [6.07, 6.45) is 0. The maximum atomic E-state index is 12.8. The molecular formula is C21H21N3O4.